The number of alkyl halides is 3. The molecule has 1 atom stereocenters. The molecule has 1 aliphatic rings. The van der Waals surface area contributed by atoms with E-state index < -0.39 is 36.2 Å². The second-order valence-electron chi connectivity index (χ2n) is 9.15. The van der Waals surface area contributed by atoms with E-state index in [4.69, 9.17) is 10.5 Å². The van der Waals surface area contributed by atoms with Gasteiger partial charge in [0, 0.05) is 30.6 Å². The highest BCUT2D eigenvalue weighted by atomic mass is 32.1. The van der Waals surface area contributed by atoms with E-state index in [0.29, 0.717) is 30.1 Å². The van der Waals surface area contributed by atoms with E-state index in [0.717, 1.165) is 41.4 Å². The average molecular weight is 600 g/mol. The number of primary amides is 1. The molecule has 2 aromatic rings. The standard InChI is InChI=1S/C26H32F3N5O6S/c1-3-33(4-2)12-13-39-18-9-7-16(8-10-18)20-14-19(22(41-20)32-24(30)37)21(35)31-17-6-5-11-34(15-17)25(38)40-23(36)26(27,28)29/h7-10,14,17H,3-6,11-13,15H2,1-2H3,(H,31,35)(H3,30,32,37)/t17-/m1/s1. The molecule has 1 aliphatic heterocycles. The van der Waals surface area contributed by atoms with Crippen LogP contribution < -0.4 is 21.1 Å². The normalized spacial score (nSPS) is 15.4. The van der Waals surface area contributed by atoms with E-state index in [9.17, 15) is 32.3 Å². The SMILES string of the molecule is CCN(CC)CCOc1ccc(-c2cc(C(=O)N[C@@H]3CCCN(C(=O)OC(=O)C(F)(F)F)C3)c(NC(N)=O)s2)cc1. The summed E-state index contributed by atoms with van der Waals surface area (Å²) in [7, 11) is 0. The van der Waals surface area contributed by atoms with Crippen LogP contribution in [0.2, 0.25) is 0 Å². The van der Waals surface area contributed by atoms with E-state index in [2.05, 4.69) is 34.1 Å². The van der Waals surface area contributed by atoms with Crippen molar-refractivity contribution in [2.75, 3.05) is 44.6 Å². The lowest BCUT2D eigenvalue weighted by Crippen LogP contribution is -2.50. The van der Waals surface area contributed by atoms with Gasteiger partial charge in [-0.15, -0.1) is 11.3 Å². The van der Waals surface area contributed by atoms with E-state index in [-0.39, 0.29) is 23.7 Å². The monoisotopic (exact) mass is 599 g/mol. The molecule has 0 radical (unpaired) electrons. The van der Waals surface area contributed by atoms with Crippen molar-refractivity contribution in [3.63, 3.8) is 0 Å². The number of ether oxygens (including phenoxy) is 2. The van der Waals surface area contributed by atoms with E-state index in [1.54, 1.807) is 18.2 Å². The Labute approximate surface area is 238 Å². The number of hydrogen-bond acceptors (Lipinski definition) is 8. The second-order valence-corrected chi connectivity index (χ2v) is 10.2. The highest BCUT2D eigenvalue weighted by Crippen LogP contribution is 2.36. The highest BCUT2D eigenvalue weighted by Gasteiger charge is 2.43. The number of carbonyl (C=O) groups excluding carboxylic acids is 4. The number of nitrogens with two attached hydrogens (primary N) is 1. The first-order valence-corrected chi connectivity index (χ1v) is 13.8. The Morgan fingerprint density at radius 2 is 1.83 bits per heavy atom. The number of halogens is 3. The summed E-state index contributed by atoms with van der Waals surface area (Å²) in [5.74, 6) is -2.51. The zero-order valence-electron chi connectivity index (χ0n) is 22.6. The molecule has 1 fully saturated rings. The van der Waals surface area contributed by atoms with Gasteiger partial charge in [0.15, 0.2) is 0 Å². The third kappa shape index (κ3) is 9.08. The molecule has 41 heavy (non-hydrogen) atoms. The zero-order chi connectivity index (χ0) is 30.2. The number of nitrogens with zero attached hydrogens (tertiary/aromatic N) is 2. The Hall–Kier alpha value is -3.85. The Morgan fingerprint density at radius 3 is 2.44 bits per heavy atom. The van der Waals surface area contributed by atoms with E-state index in [1.165, 1.54) is 0 Å². The average Bonchev–Trinajstić information content (AvgIpc) is 3.34. The van der Waals surface area contributed by atoms with Gasteiger partial charge in [0.25, 0.3) is 5.91 Å². The van der Waals surface area contributed by atoms with Crippen LogP contribution >= 0.6 is 11.3 Å². The number of thiophene rings is 1. The van der Waals surface area contributed by atoms with Gasteiger partial charge in [0.05, 0.1) is 5.56 Å². The van der Waals surface area contributed by atoms with Crippen molar-refractivity contribution in [3.8, 4) is 16.2 Å². The van der Waals surface area contributed by atoms with Crippen LogP contribution in [0.3, 0.4) is 0 Å². The van der Waals surface area contributed by atoms with Gasteiger partial charge in [-0.25, -0.2) is 14.4 Å². The number of nitrogens with one attached hydrogen (secondary N) is 2. The molecule has 0 aliphatic carbocycles. The number of benzene rings is 1. The predicted octanol–water partition coefficient (Wildman–Crippen LogP) is 4.05. The molecule has 4 N–H and O–H groups in total. The molecule has 3 rings (SSSR count). The molecule has 0 spiro atoms. The third-order valence-corrected chi connectivity index (χ3v) is 7.45. The lowest BCUT2D eigenvalue weighted by Gasteiger charge is -2.32. The van der Waals surface area contributed by atoms with Gasteiger partial charge >= 0.3 is 24.3 Å². The van der Waals surface area contributed by atoms with Crippen molar-refractivity contribution >= 4 is 40.3 Å². The topological polar surface area (TPSA) is 143 Å². The summed E-state index contributed by atoms with van der Waals surface area (Å²) < 4.78 is 47.0. The smallest absolute Gasteiger partial charge is 0.491 e. The molecule has 224 valence electrons. The number of piperidine rings is 1. The summed E-state index contributed by atoms with van der Waals surface area (Å²) in [6.45, 7) is 7.26. The fourth-order valence-electron chi connectivity index (χ4n) is 4.18. The molecule has 1 saturated heterocycles. The number of urea groups is 1. The molecule has 11 nitrogen and oxygen atoms in total. The van der Waals surface area contributed by atoms with Crippen molar-refractivity contribution < 1.29 is 41.8 Å². The number of esters is 1. The van der Waals surface area contributed by atoms with Crippen molar-refractivity contribution in [2.24, 2.45) is 5.73 Å². The minimum atomic E-state index is -5.31. The first kappa shape index (κ1) is 31.7. The molecule has 1 aromatic heterocycles. The fraction of sp³-hybridized carbons (Fsp3) is 0.462. The zero-order valence-corrected chi connectivity index (χ0v) is 23.4. The number of likely N-dealkylation sites (tertiary alicyclic amines) is 1. The van der Waals surface area contributed by atoms with Gasteiger partial charge < -0.3 is 30.3 Å². The molecule has 0 unspecified atom stereocenters. The van der Waals surface area contributed by atoms with Crippen molar-refractivity contribution in [2.45, 2.75) is 38.9 Å². The van der Waals surface area contributed by atoms with Gasteiger partial charge in [-0.05, 0) is 61.8 Å². The lowest BCUT2D eigenvalue weighted by molar-refractivity contribution is -0.193. The summed E-state index contributed by atoms with van der Waals surface area (Å²) in [5.41, 5.74) is 6.18. The lowest BCUT2D eigenvalue weighted by atomic mass is 10.1. The first-order chi connectivity index (χ1) is 19.4. The van der Waals surface area contributed by atoms with Crippen molar-refractivity contribution in [3.05, 3.63) is 35.9 Å². The molecule has 0 bridgehead atoms. The number of hydrogen-bond donors (Lipinski definition) is 3. The maximum absolute atomic E-state index is 13.2. The van der Waals surface area contributed by atoms with Crippen LogP contribution in [-0.4, -0.2) is 85.3 Å². The molecule has 15 heteroatoms. The van der Waals surface area contributed by atoms with Gasteiger partial charge in [-0.1, -0.05) is 13.8 Å². The van der Waals surface area contributed by atoms with E-state index in [1.807, 2.05) is 12.1 Å². The maximum atomic E-state index is 13.2. The van der Waals surface area contributed by atoms with Crippen LogP contribution in [0, 0.1) is 0 Å². The summed E-state index contributed by atoms with van der Waals surface area (Å²) >= 11 is 1.13. The minimum Gasteiger partial charge on any atom is -0.492 e. The maximum Gasteiger partial charge on any atom is 0.491 e. The Morgan fingerprint density at radius 1 is 1.15 bits per heavy atom. The number of likely N-dealkylation sites (N-methyl/N-ethyl adjacent to an activating group) is 1. The Balaban J connectivity index is 1.68. The molecule has 0 saturated carbocycles. The van der Waals surface area contributed by atoms with Gasteiger partial charge in [0.1, 0.15) is 17.4 Å². The van der Waals surface area contributed by atoms with Crippen LogP contribution in [0.25, 0.3) is 10.4 Å². The van der Waals surface area contributed by atoms with Crippen LogP contribution in [-0.2, 0) is 9.53 Å². The first-order valence-electron chi connectivity index (χ1n) is 13.0. The summed E-state index contributed by atoms with van der Waals surface area (Å²) in [4.78, 5) is 51.6. The molecule has 1 aromatic carbocycles. The van der Waals surface area contributed by atoms with Crippen molar-refractivity contribution in [1.29, 1.82) is 0 Å². The van der Waals surface area contributed by atoms with Crippen molar-refractivity contribution in [1.82, 2.24) is 15.1 Å². The Bertz CT molecular complexity index is 1230. The van der Waals surface area contributed by atoms with Crippen LogP contribution in [0.5, 0.6) is 5.75 Å². The quantitative estimate of drug-likeness (QED) is 0.276. The fourth-order valence-corrected chi connectivity index (χ4v) is 5.24. The highest BCUT2D eigenvalue weighted by molar-refractivity contribution is 7.20. The summed E-state index contributed by atoms with van der Waals surface area (Å²) in [6.07, 6.45) is -5.97. The second kappa shape index (κ2) is 14.2. The number of amides is 4. The molecular formula is C26H32F3N5O6S. The molecule has 2 heterocycles. The van der Waals surface area contributed by atoms with Crippen LogP contribution in [0.4, 0.5) is 27.8 Å². The summed E-state index contributed by atoms with van der Waals surface area (Å²) in [5, 5.41) is 5.37. The van der Waals surface area contributed by atoms with Crippen LogP contribution in [0.1, 0.15) is 37.0 Å². The summed E-state index contributed by atoms with van der Waals surface area (Å²) in [6, 6.07) is 7.32. The van der Waals surface area contributed by atoms with Gasteiger partial charge in [-0.3, -0.25) is 10.1 Å². The number of carbonyl (C=O) groups is 4. The number of anilines is 1. The third-order valence-electron chi connectivity index (χ3n) is 6.35. The minimum absolute atomic E-state index is 0.0581. The molecular weight excluding hydrogens is 567 g/mol. The van der Waals surface area contributed by atoms with Crippen LogP contribution in [0.15, 0.2) is 30.3 Å². The van der Waals surface area contributed by atoms with Gasteiger partial charge in [0.2, 0.25) is 0 Å². The Kier molecular flexibility index (Phi) is 10.9. The largest absolute Gasteiger partial charge is 0.492 e. The molecule has 4 amide bonds. The number of rotatable bonds is 10. The predicted molar refractivity (Wildman–Crippen MR) is 146 cm³/mol. The van der Waals surface area contributed by atoms with E-state index >= 15 is 0 Å². The van der Waals surface area contributed by atoms with Gasteiger partial charge in [-0.2, -0.15) is 13.2 Å².